The zero-order valence-electron chi connectivity index (χ0n) is 8.79. The van der Waals surface area contributed by atoms with Crippen LogP contribution in [0.5, 0.6) is 0 Å². The minimum Gasteiger partial charge on any atom is -0.264 e. The number of aromatic nitrogens is 1. The van der Waals surface area contributed by atoms with Crippen LogP contribution in [0.1, 0.15) is 11.1 Å². The molecule has 0 unspecified atom stereocenters. The van der Waals surface area contributed by atoms with Crippen LogP contribution >= 0.6 is 0 Å². The molecule has 2 rings (SSSR count). The van der Waals surface area contributed by atoms with Crippen LogP contribution in [0.2, 0.25) is 0 Å². The van der Waals surface area contributed by atoms with Crippen LogP contribution < -0.4 is 0 Å². The predicted molar refractivity (Wildman–Crippen MR) is 59.1 cm³/mol. The van der Waals surface area contributed by atoms with Crippen LogP contribution in [0.4, 0.5) is 4.39 Å². The van der Waals surface area contributed by atoms with Crippen molar-refractivity contribution in [2.24, 2.45) is 0 Å². The van der Waals surface area contributed by atoms with E-state index in [1.165, 1.54) is 0 Å². The molecule has 0 aliphatic carbocycles. The van der Waals surface area contributed by atoms with Crippen molar-refractivity contribution in [3.63, 3.8) is 0 Å². The zero-order valence-corrected chi connectivity index (χ0v) is 8.79. The van der Waals surface area contributed by atoms with Crippen LogP contribution in [0.3, 0.4) is 0 Å². The summed E-state index contributed by atoms with van der Waals surface area (Å²) >= 11 is 0. The van der Waals surface area contributed by atoms with Crippen molar-refractivity contribution in [1.29, 1.82) is 0 Å². The van der Waals surface area contributed by atoms with Gasteiger partial charge in [-0.3, -0.25) is 4.98 Å². The maximum Gasteiger partial charge on any atom is 0.126 e. The maximum atomic E-state index is 13.3. The standard InChI is InChI=1S/C13H12FN/c1-9-5-12(8-15-7-9)11-4-3-10(2)13(14)6-11/h3-8H,1-2H3. The van der Waals surface area contributed by atoms with Gasteiger partial charge in [0.2, 0.25) is 0 Å². The van der Waals surface area contributed by atoms with Gasteiger partial charge in [0.25, 0.3) is 0 Å². The molecule has 0 N–H and O–H groups in total. The second-order valence-corrected chi connectivity index (χ2v) is 3.71. The minimum absolute atomic E-state index is 0.172. The third-order valence-electron chi connectivity index (χ3n) is 2.38. The topological polar surface area (TPSA) is 12.9 Å². The third-order valence-corrected chi connectivity index (χ3v) is 2.38. The molecule has 0 atom stereocenters. The summed E-state index contributed by atoms with van der Waals surface area (Å²) in [4.78, 5) is 4.09. The van der Waals surface area contributed by atoms with Crippen molar-refractivity contribution in [3.05, 3.63) is 53.6 Å². The molecule has 1 aromatic heterocycles. The van der Waals surface area contributed by atoms with Crippen LogP contribution in [0, 0.1) is 19.7 Å². The van der Waals surface area contributed by atoms with Crippen molar-refractivity contribution >= 4 is 0 Å². The normalized spacial score (nSPS) is 10.3. The summed E-state index contributed by atoms with van der Waals surface area (Å²) in [7, 11) is 0. The maximum absolute atomic E-state index is 13.3. The third kappa shape index (κ3) is 2.04. The molecule has 0 saturated heterocycles. The first kappa shape index (κ1) is 9.84. The highest BCUT2D eigenvalue weighted by Crippen LogP contribution is 2.21. The Morgan fingerprint density at radius 3 is 2.47 bits per heavy atom. The van der Waals surface area contributed by atoms with E-state index in [9.17, 15) is 4.39 Å². The van der Waals surface area contributed by atoms with Crippen molar-refractivity contribution in [2.75, 3.05) is 0 Å². The number of benzene rings is 1. The fraction of sp³-hybridized carbons (Fsp3) is 0.154. The van der Waals surface area contributed by atoms with Crippen molar-refractivity contribution in [3.8, 4) is 11.1 Å². The number of hydrogen-bond acceptors (Lipinski definition) is 1. The minimum atomic E-state index is -0.172. The van der Waals surface area contributed by atoms with E-state index in [1.807, 2.05) is 19.1 Å². The summed E-state index contributed by atoms with van der Waals surface area (Å²) in [5, 5.41) is 0. The van der Waals surface area contributed by atoms with Gasteiger partial charge in [-0.2, -0.15) is 0 Å². The van der Waals surface area contributed by atoms with Gasteiger partial charge in [-0.15, -0.1) is 0 Å². The molecule has 15 heavy (non-hydrogen) atoms. The molecule has 1 nitrogen and oxygen atoms in total. The molecule has 0 aliphatic rings. The Morgan fingerprint density at radius 1 is 1.00 bits per heavy atom. The van der Waals surface area contributed by atoms with E-state index in [1.54, 1.807) is 31.5 Å². The van der Waals surface area contributed by atoms with Gasteiger partial charge in [0.15, 0.2) is 0 Å². The first-order valence-electron chi connectivity index (χ1n) is 4.85. The van der Waals surface area contributed by atoms with Crippen LogP contribution in [-0.4, -0.2) is 4.98 Å². The Balaban J connectivity index is 2.50. The molecule has 0 fully saturated rings. The molecule has 1 heterocycles. The first-order valence-corrected chi connectivity index (χ1v) is 4.85. The lowest BCUT2D eigenvalue weighted by Gasteiger charge is -2.03. The van der Waals surface area contributed by atoms with E-state index in [-0.39, 0.29) is 5.82 Å². The average molecular weight is 201 g/mol. The van der Waals surface area contributed by atoms with E-state index in [0.717, 1.165) is 16.7 Å². The van der Waals surface area contributed by atoms with Gasteiger partial charge in [0.1, 0.15) is 5.82 Å². The Labute approximate surface area is 88.6 Å². The number of nitrogens with zero attached hydrogens (tertiary/aromatic N) is 1. The SMILES string of the molecule is Cc1cncc(-c2ccc(C)c(F)c2)c1. The molecule has 0 bridgehead atoms. The Kier molecular flexibility index (Phi) is 2.50. The van der Waals surface area contributed by atoms with E-state index in [0.29, 0.717) is 5.56 Å². The smallest absolute Gasteiger partial charge is 0.126 e. The van der Waals surface area contributed by atoms with Crippen LogP contribution in [0.25, 0.3) is 11.1 Å². The number of pyridine rings is 1. The summed E-state index contributed by atoms with van der Waals surface area (Å²) < 4.78 is 13.3. The lowest BCUT2D eigenvalue weighted by atomic mass is 10.0. The predicted octanol–water partition coefficient (Wildman–Crippen LogP) is 3.50. The average Bonchev–Trinajstić information content (AvgIpc) is 2.22. The molecular formula is C13H12FN. The Morgan fingerprint density at radius 2 is 1.80 bits per heavy atom. The van der Waals surface area contributed by atoms with Crippen molar-refractivity contribution < 1.29 is 4.39 Å². The van der Waals surface area contributed by atoms with Crippen LogP contribution in [0.15, 0.2) is 36.7 Å². The Bertz CT molecular complexity index is 492. The molecule has 1 aromatic carbocycles. The monoisotopic (exact) mass is 201 g/mol. The van der Waals surface area contributed by atoms with Gasteiger partial charge >= 0.3 is 0 Å². The second kappa shape index (κ2) is 3.81. The number of hydrogen-bond donors (Lipinski definition) is 0. The molecule has 2 heteroatoms. The summed E-state index contributed by atoms with van der Waals surface area (Å²) in [6, 6.07) is 7.24. The molecule has 2 aromatic rings. The number of halogens is 1. The summed E-state index contributed by atoms with van der Waals surface area (Å²) in [6.07, 6.45) is 3.53. The molecule has 0 amide bonds. The first-order chi connectivity index (χ1) is 7.16. The van der Waals surface area contributed by atoms with Gasteiger partial charge in [-0.25, -0.2) is 4.39 Å². The fourth-order valence-electron chi connectivity index (χ4n) is 1.49. The molecule has 0 radical (unpaired) electrons. The Hall–Kier alpha value is -1.70. The van der Waals surface area contributed by atoms with E-state index in [2.05, 4.69) is 4.98 Å². The molecule has 0 aliphatic heterocycles. The van der Waals surface area contributed by atoms with Gasteiger partial charge in [-0.1, -0.05) is 12.1 Å². The highest BCUT2D eigenvalue weighted by molar-refractivity contribution is 5.63. The van der Waals surface area contributed by atoms with Gasteiger partial charge in [0, 0.05) is 18.0 Å². The molecule has 0 spiro atoms. The quantitative estimate of drug-likeness (QED) is 0.688. The molecule has 76 valence electrons. The number of rotatable bonds is 1. The summed E-state index contributed by atoms with van der Waals surface area (Å²) in [6.45, 7) is 3.73. The van der Waals surface area contributed by atoms with Crippen molar-refractivity contribution in [2.45, 2.75) is 13.8 Å². The van der Waals surface area contributed by atoms with E-state index >= 15 is 0 Å². The van der Waals surface area contributed by atoms with Crippen LogP contribution in [-0.2, 0) is 0 Å². The second-order valence-electron chi connectivity index (χ2n) is 3.71. The number of aryl methyl sites for hydroxylation is 2. The van der Waals surface area contributed by atoms with Gasteiger partial charge in [-0.05, 0) is 42.7 Å². The summed E-state index contributed by atoms with van der Waals surface area (Å²) in [5.41, 5.74) is 3.57. The molecule has 0 saturated carbocycles. The van der Waals surface area contributed by atoms with Crippen molar-refractivity contribution in [1.82, 2.24) is 4.98 Å². The van der Waals surface area contributed by atoms with E-state index < -0.39 is 0 Å². The largest absolute Gasteiger partial charge is 0.264 e. The summed E-state index contributed by atoms with van der Waals surface area (Å²) in [5.74, 6) is -0.172. The van der Waals surface area contributed by atoms with Gasteiger partial charge < -0.3 is 0 Å². The van der Waals surface area contributed by atoms with E-state index in [4.69, 9.17) is 0 Å². The lowest BCUT2D eigenvalue weighted by molar-refractivity contribution is 0.619. The highest BCUT2D eigenvalue weighted by Gasteiger charge is 2.02. The molecular weight excluding hydrogens is 189 g/mol. The lowest BCUT2D eigenvalue weighted by Crippen LogP contribution is -1.86. The van der Waals surface area contributed by atoms with Gasteiger partial charge in [0.05, 0.1) is 0 Å². The highest BCUT2D eigenvalue weighted by atomic mass is 19.1. The fourth-order valence-corrected chi connectivity index (χ4v) is 1.49. The zero-order chi connectivity index (χ0) is 10.8.